The number of rotatable bonds is 4. The lowest BCUT2D eigenvalue weighted by Crippen LogP contribution is -2.26. The van der Waals surface area contributed by atoms with Crippen molar-refractivity contribution in [3.05, 3.63) is 6.33 Å². The first-order valence-electron chi connectivity index (χ1n) is 3.96. The third-order valence-electron chi connectivity index (χ3n) is 1.50. The molecule has 0 spiro atoms. The maximum absolute atomic E-state index is 11.0. The summed E-state index contributed by atoms with van der Waals surface area (Å²) in [6, 6.07) is 0.0768. The van der Waals surface area contributed by atoms with Gasteiger partial charge in [0, 0.05) is 31.0 Å². The molecular weight excluding hydrogens is 188 g/mol. The van der Waals surface area contributed by atoms with E-state index in [1.807, 2.05) is 6.92 Å². The summed E-state index contributed by atoms with van der Waals surface area (Å²) in [5.74, 6) is 0.0181. The number of nitrogens with zero attached hydrogens (tertiary/aromatic N) is 2. The third kappa shape index (κ3) is 3.37. The quantitative estimate of drug-likeness (QED) is 0.741. The van der Waals surface area contributed by atoms with Crippen LogP contribution < -0.4 is 10.6 Å². The fourth-order valence-electron chi connectivity index (χ4n) is 0.879. The molecule has 1 rings (SSSR count). The minimum atomic E-state index is 0.0181. The molecule has 5 nitrogen and oxygen atoms in total. The van der Waals surface area contributed by atoms with Crippen LogP contribution in [-0.2, 0) is 4.79 Å². The van der Waals surface area contributed by atoms with Gasteiger partial charge in [-0.05, 0) is 6.92 Å². The van der Waals surface area contributed by atoms with Crippen molar-refractivity contribution in [3.8, 4) is 0 Å². The van der Waals surface area contributed by atoms with Gasteiger partial charge in [-0.15, -0.1) is 0 Å². The summed E-state index contributed by atoms with van der Waals surface area (Å²) in [7, 11) is 1.63. The first kappa shape index (κ1) is 9.91. The molecule has 1 aromatic rings. The van der Waals surface area contributed by atoms with Crippen LogP contribution in [0.2, 0.25) is 0 Å². The highest BCUT2D eigenvalue weighted by Gasteiger charge is 2.08. The fraction of sp³-hybridized carbons (Fsp3) is 0.571. The van der Waals surface area contributed by atoms with Gasteiger partial charge in [-0.1, -0.05) is 0 Å². The molecule has 0 aliphatic rings. The molecule has 1 amide bonds. The van der Waals surface area contributed by atoms with Crippen LogP contribution in [0.5, 0.6) is 0 Å². The molecule has 13 heavy (non-hydrogen) atoms. The lowest BCUT2D eigenvalue weighted by Gasteiger charge is -2.10. The van der Waals surface area contributed by atoms with Gasteiger partial charge in [0.15, 0.2) is 0 Å². The number of nitrogens with one attached hydrogen (secondary N) is 2. The Hall–Kier alpha value is -1.17. The normalized spacial score (nSPS) is 12.2. The van der Waals surface area contributed by atoms with Crippen molar-refractivity contribution in [3.63, 3.8) is 0 Å². The summed E-state index contributed by atoms with van der Waals surface area (Å²) in [6.45, 7) is 1.93. The van der Waals surface area contributed by atoms with Crippen LogP contribution in [0, 0.1) is 0 Å². The Labute approximate surface area is 80.7 Å². The lowest BCUT2D eigenvalue weighted by molar-refractivity contribution is -0.120. The number of amides is 1. The van der Waals surface area contributed by atoms with Gasteiger partial charge in [-0.2, -0.15) is 4.37 Å². The maximum atomic E-state index is 11.0. The number of hydrogen-bond donors (Lipinski definition) is 2. The Morgan fingerprint density at radius 3 is 3.08 bits per heavy atom. The highest BCUT2D eigenvalue weighted by Crippen LogP contribution is 2.09. The molecule has 1 aromatic heterocycles. The van der Waals surface area contributed by atoms with Gasteiger partial charge in [0.25, 0.3) is 0 Å². The smallest absolute Gasteiger partial charge is 0.221 e. The van der Waals surface area contributed by atoms with Gasteiger partial charge >= 0.3 is 0 Å². The Morgan fingerprint density at radius 1 is 1.77 bits per heavy atom. The zero-order valence-electron chi connectivity index (χ0n) is 7.57. The Kier molecular flexibility index (Phi) is 3.63. The van der Waals surface area contributed by atoms with E-state index in [0.29, 0.717) is 6.42 Å². The van der Waals surface area contributed by atoms with E-state index in [-0.39, 0.29) is 11.9 Å². The van der Waals surface area contributed by atoms with E-state index in [2.05, 4.69) is 20.0 Å². The van der Waals surface area contributed by atoms with Gasteiger partial charge < -0.3 is 10.6 Å². The van der Waals surface area contributed by atoms with Crippen LogP contribution in [0.3, 0.4) is 0 Å². The Morgan fingerprint density at radius 2 is 2.54 bits per heavy atom. The standard InChI is InChI=1S/C7H12N4OS/c1-5(3-6(12)8-2)11-7-9-4-10-13-7/h4-5H,3H2,1-2H3,(H,8,12)(H,9,10,11). The largest absolute Gasteiger partial charge is 0.359 e. The minimum absolute atomic E-state index is 0.0181. The zero-order chi connectivity index (χ0) is 9.68. The number of hydrogen-bond acceptors (Lipinski definition) is 5. The molecule has 0 radical (unpaired) electrons. The molecule has 2 N–H and O–H groups in total. The van der Waals surface area contributed by atoms with Crippen LogP contribution in [0.25, 0.3) is 0 Å². The van der Waals surface area contributed by atoms with Crippen LogP contribution in [0.4, 0.5) is 5.13 Å². The maximum Gasteiger partial charge on any atom is 0.221 e. The summed E-state index contributed by atoms with van der Waals surface area (Å²) in [5.41, 5.74) is 0. The van der Waals surface area contributed by atoms with Crippen molar-refractivity contribution in [2.75, 3.05) is 12.4 Å². The topological polar surface area (TPSA) is 66.9 Å². The number of aromatic nitrogens is 2. The molecule has 72 valence electrons. The van der Waals surface area contributed by atoms with Crippen molar-refractivity contribution >= 4 is 22.6 Å². The summed E-state index contributed by atoms with van der Waals surface area (Å²) < 4.78 is 3.84. The SMILES string of the molecule is CNC(=O)CC(C)Nc1ncns1. The molecule has 0 saturated heterocycles. The van der Waals surface area contributed by atoms with E-state index < -0.39 is 0 Å². The summed E-state index contributed by atoms with van der Waals surface area (Å²) in [6.07, 6.45) is 1.93. The Bertz CT molecular complexity index is 261. The number of anilines is 1. The van der Waals surface area contributed by atoms with Gasteiger partial charge in [0.1, 0.15) is 6.33 Å². The zero-order valence-corrected chi connectivity index (χ0v) is 8.39. The highest BCUT2D eigenvalue weighted by atomic mass is 32.1. The van der Waals surface area contributed by atoms with E-state index in [4.69, 9.17) is 0 Å². The van der Waals surface area contributed by atoms with Crippen molar-refractivity contribution in [2.24, 2.45) is 0 Å². The molecule has 1 atom stereocenters. The van der Waals surface area contributed by atoms with Gasteiger partial charge in [-0.3, -0.25) is 4.79 Å². The third-order valence-corrected chi connectivity index (χ3v) is 2.10. The van der Waals surface area contributed by atoms with E-state index in [9.17, 15) is 4.79 Å². The summed E-state index contributed by atoms with van der Waals surface area (Å²) in [4.78, 5) is 14.9. The molecule has 1 heterocycles. The second kappa shape index (κ2) is 4.76. The lowest BCUT2D eigenvalue weighted by atomic mass is 10.2. The predicted octanol–water partition coefficient (Wildman–Crippen LogP) is 0.475. The Balaban J connectivity index is 2.33. The van der Waals surface area contributed by atoms with Crippen LogP contribution in [0.15, 0.2) is 6.33 Å². The van der Waals surface area contributed by atoms with E-state index in [0.717, 1.165) is 5.13 Å². The van der Waals surface area contributed by atoms with Crippen molar-refractivity contribution in [1.29, 1.82) is 0 Å². The summed E-state index contributed by atoms with van der Waals surface area (Å²) in [5, 5.41) is 6.38. The van der Waals surface area contributed by atoms with Crippen LogP contribution in [0.1, 0.15) is 13.3 Å². The predicted molar refractivity (Wildman–Crippen MR) is 51.7 cm³/mol. The number of carbonyl (C=O) groups excluding carboxylic acids is 1. The number of carbonyl (C=O) groups is 1. The van der Waals surface area contributed by atoms with Crippen molar-refractivity contribution in [2.45, 2.75) is 19.4 Å². The molecule has 0 aliphatic heterocycles. The van der Waals surface area contributed by atoms with Gasteiger partial charge in [0.2, 0.25) is 11.0 Å². The fourth-order valence-corrected chi connectivity index (χ4v) is 1.42. The second-order valence-corrected chi connectivity index (χ2v) is 3.45. The molecule has 0 fully saturated rings. The van der Waals surface area contributed by atoms with E-state index >= 15 is 0 Å². The first-order valence-corrected chi connectivity index (χ1v) is 4.73. The first-order chi connectivity index (χ1) is 6.22. The molecule has 0 saturated carbocycles. The van der Waals surface area contributed by atoms with Crippen LogP contribution >= 0.6 is 11.5 Å². The second-order valence-electron chi connectivity index (χ2n) is 2.67. The monoisotopic (exact) mass is 200 g/mol. The minimum Gasteiger partial charge on any atom is -0.359 e. The summed E-state index contributed by atoms with van der Waals surface area (Å²) >= 11 is 1.28. The van der Waals surface area contributed by atoms with E-state index in [1.54, 1.807) is 7.05 Å². The highest BCUT2D eigenvalue weighted by molar-refractivity contribution is 7.09. The average molecular weight is 200 g/mol. The van der Waals surface area contributed by atoms with Crippen molar-refractivity contribution in [1.82, 2.24) is 14.7 Å². The molecular formula is C7H12N4OS. The molecule has 0 aliphatic carbocycles. The van der Waals surface area contributed by atoms with E-state index in [1.165, 1.54) is 17.9 Å². The van der Waals surface area contributed by atoms with Crippen molar-refractivity contribution < 1.29 is 4.79 Å². The molecule has 1 unspecified atom stereocenters. The van der Waals surface area contributed by atoms with Crippen LogP contribution in [-0.4, -0.2) is 28.4 Å². The molecule has 6 heteroatoms. The molecule has 0 aromatic carbocycles. The van der Waals surface area contributed by atoms with Gasteiger partial charge in [-0.25, -0.2) is 4.98 Å². The average Bonchev–Trinajstić information content (AvgIpc) is 2.56. The molecule has 0 bridgehead atoms. The van der Waals surface area contributed by atoms with Gasteiger partial charge in [0.05, 0.1) is 0 Å².